The number of aliphatic imine (C=N–C) groups is 1. The van der Waals surface area contributed by atoms with Crippen LogP contribution < -0.4 is 5.73 Å². The van der Waals surface area contributed by atoms with E-state index in [1.54, 1.807) is 0 Å². The second-order valence-corrected chi connectivity index (χ2v) is 8.45. The molecule has 0 radical (unpaired) electrons. The van der Waals surface area contributed by atoms with E-state index in [0.29, 0.717) is 0 Å². The van der Waals surface area contributed by atoms with Gasteiger partial charge >= 0.3 is 5.92 Å². The summed E-state index contributed by atoms with van der Waals surface area (Å²) in [5.74, 6) is -5.01. The Morgan fingerprint density at radius 1 is 1.20 bits per heavy atom. The summed E-state index contributed by atoms with van der Waals surface area (Å²) in [7, 11) is 0. The fourth-order valence-electron chi connectivity index (χ4n) is 3.40. The number of ether oxygens (including phenoxy) is 1. The lowest BCUT2D eigenvalue weighted by Gasteiger charge is -2.46. The number of hydrogen-bond donors (Lipinski definition) is 1. The van der Waals surface area contributed by atoms with Crippen molar-refractivity contribution >= 4 is 35.0 Å². The van der Waals surface area contributed by atoms with Crippen molar-refractivity contribution in [2.75, 3.05) is 0 Å². The first kappa shape index (κ1) is 22.4. The van der Waals surface area contributed by atoms with E-state index in [1.807, 2.05) is 0 Å². The van der Waals surface area contributed by atoms with E-state index in [-0.39, 0.29) is 27.7 Å². The van der Waals surface area contributed by atoms with Gasteiger partial charge in [0.25, 0.3) is 6.02 Å². The standard InChI is InChI=1S/C20H18Cl2F3N3O2/c1-18(2)20(24,25)19(3,28-17(26)30-18)12-6-10(4-5-14(12)23)7-15(29)16-13(22)8-11(21)9-27-16/h4-6,8-9H,7H2,1-3H3,(H2,26,28)/t19-/m1/s1. The molecule has 2 heterocycles. The summed E-state index contributed by atoms with van der Waals surface area (Å²) in [6.07, 6.45) is 1.02. The molecule has 2 N–H and O–H groups in total. The molecule has 10 heteroatoms. The zero-order valence-corrected chi connectivity index (χ0v) is 17.8. The average molecular weight is 460 g/mol. The summed E-state index contributed by atoms with van der Waals surface area (Å²) in [6, 6.07) is 4.38. The predicted molar refractivity (Wildman–Crippen MR) is 108 cm³/mol. The molecule has 0 amide bonds. The van der Waals surface area contributed by atoms with Crippen LogP contribution in [0.4, 0.5) is 13.2 Å². The number of alkyl halides is 2. The number of amidine groups is 1. The lowest BCUT2D eigenvalue weighted by molar-refractivity contribution is -0.207. The van der Waals surface area contributed by atoms with Crippen LogP contribution in [0, 0.1) is 5.82 Å². The molecule has 160 valence electrons. The number of ketones is 1. The van der Waals surface area contributed by atoms with Gasteiger partial charge in [0.05, 0.1) is 10.0 Å². The zero-order valence-electron chi connectivity index (χ0n) is 16.3. The lowest BCUT2D eigenvalue weighted by Crippen LogP contribution is -2.62. The molecular formula is C20H18Cl2F3N3O2. The van der Waals surface area contributed by atoms with Gasteiger partial charge in [-0.15, -0.1) is 0 Å². The Labute approximate surface area is 181 Å². The highest BCUT2D eigenvalue weighted by Crippen LogP contribution is 2.51. The molecule has 5 nitrogen and oxygen atoms in total. The Morgan fingerprint density at radius 3 is 2.50 bits per heavy atom. The molecule has 1 aromatic carbocycles. The molecule has 0 fully saturated rings. The van der Waals surface area contributed by atoms with Gasteiger partial charge < -0.3 is 10.5 Å². The van der Waals surface area contributed by atoms with E-state index in [0.717, 1.165) is 26.8 Å². The van der Waals surface area contributed by atoms with E-state index in [1.165, 1.54) is 24.4 Å². The maximum atomic E-state index is 15.3. The Balaban J connectivity index is 2.03. The number of Topliss-reactive ketones (excluding diaryl/α,β-unsaturated/α-hetero) is 1. The largest absolute Gasteiger partial charge is 0.453 e. The molecule has 0 bridgehead atoms. The quantitative estimate of drug-likeness (QED) is 0.657. The SMILES string of the molecule is CC1(C)OC(N)=N[C@](C)(c2cc(CC(=O)c3ncc(Cl)cc3Cl)ccc2F)C1(F)F. The fourth-order valence-corrected chi connectivity index (χ4v) is 3.88. The molecular weight excluding hydrogens is 442 g/mol. The minimum absolute atomic E-state index is 0.0297. The number of nitrogens with zero attached hydrogens (tertiary/aromatic N) is 2. The van der Waals surface area contributed by atoms with Crippen LogP contribution in [0.3, 0.4) is 0 Å². The summed E-state index contributed by atoms with van der Waals surface area (Å²) in [4.78, 5) is 20.2. The van der Waals surface area contributed by atoms with Crippen LogP contribution >= 0.6 is 23.2 Å². The van der Waals surface area contributed by atoms with E-state index in [9.17, 15) is 9.18 Å². The van der Waals surface area contributed by atoms with Gasteiger partial charge in [-0.3, -0.25) is 4.79 Å². The predicted octanol–water partition coefficient (Wildman–Crippen LogP) is 4.93. The van der Waals surface area contributed by atoms with Crippen LogP contribution in [0.5, 0.6) is 0 Å². The number of aromatic nitrogens is 1. The van der Waals surface area contributed by atoms with Crippen molar-refractivity contribution < 1.29 is 22.7 Å². The molecule has 1 aromatic heterocycles. The van der Waals surface area contributed by atoms with Gasteiger partial charge in [-0.2, -0.15) is 8.78 Å². The Morgan fingerprint density at radius 2 is 1.87 bits per heavy atom. The number of rotatable bonds is 4. The number of benzene rings is 1. The number of carbonyl (C=O) groups excluding carboxylic acids is 1. The zero-order chi connectivity index (χ0) is 22.5. The van der Waals surface area contributed by atoms with Crippen LogP contribution in [-0.2, 0) is 16.7 Å². The van der Waals surface area contributed by atoms with Crippen LogP contribution in [0.1, 0.15) is 42.4 Å². The van der Waals surface area contributed by atoms with Crippen molar-refractivity contribution in [3.63, 3.8) is 0 Å². The molecule has 1 aliphatic heterocycles. The maximum Gasteiger partial charge on any atom is 0.315 e. The molecule has 1 atom stereocenters. The molecule has 0 saturated carbocycles. The normalized spacial score (nSPS) is 22.2. The van der Waals surface area contributed by atoms with E-state index >= 15 is 8.78 Å². The van der Waals surface area contributed by atoms with Gasteiger partial charge in [0.2, 0.25) is 0 Å². The molecule has 3 rings (SSSR count). The van der Waals surface area contributed by atoms with Gasteiger partial charge in [0, 0.05) is 18.2 Å². The Bertz CT molecular complexity index is 1060. The number of carbonyl (C=O) groups is 1. The highest BCUT2D eigenvalue weighted by Gasteiger charge is 2.66. The maximum absolute atomic E-state index is 15.3. The summed E-state index contributed by atoms with van der Waals surface area (Å²) in [5, 5.41) is 0.310. The highest BCUT2D eigenvalue weighted by atomic mass is 35.5. The van der Waals surface area contributed by atoms with Crippen molar-refractivity contribution in [2.45, 2.75) is 44.3 Å². The van der Waals surface area contributed by atoms with E-state index in [2.05, 4.69) is 9.98 Å². The minimum Gasteiger partial charge on any atom is -0.453 e. The fraction of sp³-hybridized carbons (Fsp3) is 0.350. The first-order valence-corrected chi connectivity index (χ1v) is 9.59. The van der Waals surface area contributed by atoms with E-state index < -0.39 is 40.2 Å². The van der Waals surface area contributed by atoms with Gasteiger partial charge in [0.1, 0.15) is 11.5 Å². The summed E-state index contributed by atoms with van der Waals surface area (Å²) in [6.45, 7) is 3.37. The smallest absolute Gasteiger partial charge is 0.315 e. The summed E-state index contributed by atoms with van der Waals surface area (Å²) >= 11 is 11.8. The monoisotopic (exact) mass is 459 g/mol. The molecule has 0 aliphatic carbocycles. The average Bonchev–Trinajstić information content (AvgIpc) is 2.61. The molecule has 0 saturated heterocycles. The van der Waals surface area contributed by atoms with Crippen LogP contribution in [0.2, 0.25) is 10.0 Å². The van der Waals surface area contributed by atoms with Crippen LogP contribution in [0.15, 0.2) is 35.5 Å². The first-order valence-electron chi connectivity index (χ1n) is 8.84. The summed E-state index contributed by atoms with van der Waals surface area (Å²) < 4.78 is 50.2. The van der Waals surface area contributed by atoms with Gasteiger partial charge in [-0.1, -0.05) is 29.3 Å². The number of nitrogens with two attached hydrogens (primary N) is 1. The van der Waals surface area contributed by atoms with Crippen molar-refractivity contribution in [1.29, 1.82) is 0 Å². The van der Waals surface area contributed by atoms with Crippen molar-refractivity contribution in [3.8, 4) is 0 Å². The number of halogens is 5. The van der Waals surface area contributed by atoms with Gasteiger partial charge in [0.15, 0.2) is 16.9 Å². The highest BCUT2D eigenvalue weighted by molar-refractivity contribution is 6.36. The van der Waals surface area contributed by atoms with Crippen molar-refractivity contribution in [1.82, 2.24) is 4.98 Å². The molecule has 30 heavy (non-hydrogen) atoms. The van der Waals surface area contributed by atoms with Crippen molar-refractivity contribution in [2.24, 2.45) is 10.7 Å². The van der Waals surface area contributed by atoms with Crippen LogP contribution in [-0.4, -0.2) is 28.3 Å². The first-order chi connectivity index (χ1) is 13.8. The van der Waals surface area contributed by atoms with Crippen LogP contribution in [0.25, 0.3) is 0 Å². The second kappa shape index (κ2) is 7.42. The van der Waals surface area contributed by atoms with Gasteiger partial charge in [-0.25, -0.2) is 14.4 Å². The topological polar surface area (TPSA) is 77.6 Å². The molecule has 1 aliphatic rings. The number of pyridine rings is 1. The molecule has 0 unspecified atom stereocenters. The van der Waals surface area contributed by atoms with Crippen molar-refractivity contribution in [3.05, 3.63) is 63.1 Å². The third-order valence-electron chi connectivity index (χ3n) is 5.05. The minimum atomic E-state index is -3.62. The third kappa shape index (κ3) is 3.63. The number of hydrogen-bond acceptors (Lipinski definition) is 5. The lowest BCUT2D eigenvalue weighted by atomic mass is 9.76. The second-order valence-electron chi connectivity index (χ2n) is 7.61. The molecule has 0 spiro atoms. The molecule has 2 aromatic rings. The Kier molecular flexibility index (Phi) is 5.54. The third-order valence-corrected chi connectivity index (χ3v) is 5.55. The van der Waals surface area contributed by atoms with Gasteiger partial charge in [-0.05, 0) is 44.5 Å². The van der Waals surface area contributed by atoms with E-state index in [4.69, 9.17) is 33.7 Å². The summed E-state index contributed by atoms with van der Waals surface area (Å²) in [5.41, 5.74) is 1.06. The Hall–Kier alpha value is -2.32.